The summed E-state index contributed by atoms with van der Waals surface area (Å²) >= 11 is 1.16. The lowest BCUT2D eigenvalue weighted by Crippen LogP contribution is -2.14. The Morgan fingerprint density at radius 3 is 2.67 bits per heavy atom. The van der Waals surface area contributed by atoms with E-state index >= 15 is 0 Å². The van der Waals surface area contributed by atoms with Gasteiger partial charge in [0.1, 0.15) is 28.8 Å². The van der Waals surface area contributed by atoms with E-state index < -0.39 is 0 Å². The van der Waals surface area contributed by atoms with Crippen molar-refractivity contribution in [1.29, 1.82) is 5.26 Å². The van der Waals surface area contributed by atoms with Gasteiger partial charge in [0.25, 0.3) is 0 Å². The first-order chi connectivity index (χ1) is 14.5. The highest BCUT2D eigenvalue weighted by molar-refractivity contribution is 7.08. The fourth-order valence-electron chi connectivity index (χ4n) is 2.83. The molecule has 0 aliphatic heterocycles. The molecule has 3 aromatic rings. The predicted octanol–water partition coefficient (Wildman–Crippen LogP) is 5.71. The second-order valence-electron chi connectivity index (χ2n) is 6.83. The van der Waals surface area contributed by atoms with Crippen LogP contribution < -0.4 is 9.47 Å². The molecule has 0 atom stereocenters. The molecule has 7 heteroatoms. The Bertz CT molecular complexity index is 1110. The Kier molecular flexibility index (Phi) is 6.70. The number of rotatable bonds is 7. The van der Waals surface area contributed by atoms with Crippen LogP contribution in [0.3, 0.4) is 0 Å². The minimum Gasteiger partial charge on any atom is -0.496 e. The van der Waals surface area contributed by atoms with Gasteiger partial charge in [0, 0.05) is 30.7 Å². The molecule has 0 saturated heterocycles. The van der Waals surface area contributed by atoms with Gasteiger partial charge in [-0.1, -0.05) is 12.1 Å². The topological polar surface area (TPSA) is 70.7 Å². The molecule has 0 fully saturated rings. The Labute approximate surface area is 181 Å². The molecule has 0 spiro atoms. The molecular formula is C23H24N4O2S. The van der Waals surface area contributed by atoms with Crippen molar-refractivity contribution in [3.63, 3.8) is 0 Å². The zero-order valence-corrected chi connectivity index (χ0v) is 18.6. The SMILES string of the molecule is CCN(C)C=Nc1cc(C)c(Oc2snc(-c3ccccc3OC)c2C#N)cc1C. The quantitative estimate of drug-likeness (QED) is 0.362. The molecule has 0 radical (unpaired) electrons. The van der Waals surface area contributed by atoms with Crippen LogP contribution in [-0.4, -0.2) is 36.3 Å². The second kappa shape index (κ2) is 9.42. The first kappa shape index (κ1) is 21.3. The number of hydrogen-bond donors (Lipinski definition) is 0. The molecule has 0 amide bonds. The summed E-state index contributed by atoms with van der Waals surface area (Å²) in [4.78, 5) is 6.56. The van der Waals surface area contributed by atoms with Crippen LogP contribution in [0.15, 0.2) is 41.4 Å². The lowest BCUT2D eigenvalue weighted by Gasteiger charge is -2.12. The highest BCUT2D eigenvalue weighted by Crippen LogP contribution is 2.41. The van der Waals surface area contributed by atoms with Gasteiger partial charge in [0.15, 0.2) is 0 Å². The van der Waals surface area contributed by atoms with Crippen molar-refractivity contribution >= 4 is 23.6 Å². The minimum atomic E-state index is 0.397. The summed E-state index contributed by atoms with van der Waals surface area (Å²) in [6.45, 7) is 6.91. The van der Waals surface area contributed by atoms with Crippen molar-refractivity contribution in [3.05, 3.63) is 53.1 Å². The largest absolute Gasteiger partial charge is 0.496 e. The van der Waals surface area contributed by atoms with E-state index in [1.54, 1.807) is 7.11 Å². The Balaban J connectivity index is 1.94. The summed E-state index contributed by atoms with van der Waals surface area (Å²) in [5.41, 5.74) is 4.54. The van der Waals surface area contributed by atoms with Crippen LogP contribution >= 0.6 is 11.5 Å². The molecule has 0 N–H and O–H groups in total. The van der Waals surface area contributed by atoms with Crippen LogP contribution in [0, 0.1) is 25.2 Å². The summed E-state index contributed by atoms with van der Waals surface area (Å²) < 4.78 is 16.0. The molecule has 1 aromatic heterocycles. The molecule has 0 unspecified atom stereocenters. The molecule has 2 aromatic carbocycles. The molecule has 6 nitrogen and oxygen atoms in total. The van der Waals surface area contributed by atoms with E-state index in [9.17, 15) is 5.26 Å². The summed E-state index contributed by atoms with van der Waals surface area (Å²) in [5, 5.41) is 10.2. The highest BCUT2D eigenvalue weighted by atomic mass is 32.1. The van der Waals surface area contributed by atoms with Gasteiger partial charge in [-0.2, -0.15) is 9.64 Å². The molecule has 30 heavy (non-hydrogen) atoms. The molecule has 0 aliphatic carbocycles. The van der Waals surface area contributed by atoms with Crippen LogP contribution in [0.25, 0.3) is 11.3 Å². The van der Waals surface area contributed by atoms with Crippen LogP contribution in [0.1, 0.15) is 23.6 Å². The summed E-state index contributed by atoms with van der Waals surface area (Å²) in [6, 6.07) is 13.7. The molecule has 0 saturated carbocycles. The summed E-state index contributed by atoms with van der Waals surface area (Å²) in [7, 11) is 3.58. The molecule has 1 heterocycles. The standard InChI is InChI=1S/C23H24N4O2S/c1-6-27(4)14-25-19-11-16(3)21(12-15(19)2)29-23-18(13-24)22(26-30-23)17-9-7-8-10-20(17)28-5/h7-12,14H,6H2,1-5H3. The van der Waals surface area contributed by atoms with Crippen LogP contribution in [0.5, 0.6) is 16.6 Å². The maximum Gasteiger partial charge on any atom is 0.218 e. The van der Waals surface area contributed by atoms with Gasteiger partial charge in [0.05, 0.1) is 19.1 Å². The van der Waals surface area contributed by atoms with Gasteiger partial charge in [-0.15, -0.1) is 0 Å². The fraction of sp³-hybridized carbons (Fsp3) is 0.261. The van der Waals surface area contributed by atoms with E-state index in [1.807, 2.05) is 68.5 Å². The van der Waals surface area contributed by atoms with Gasteiger partial charge in [0.2, 0.25) is 5.06 Å². The van der Waals surface area contributed by atoms with E-state index in [0.29, 0.717) is 27.8 Å². The number of methoxy groups -OCH3 is 1. The average Bonchev–Trinajstić information content (AvgIpc) is 3.16. The molecule has 154 valence electrons. The van der Waals surface area contributed by atoms with Gasteiger partial charge >= 0.3 is 0 Å². The third kappa shape index (κ3) is 4.44. The van der Waals surface area contributed by atoms with Gasteiger partial charge in [-0.3, -0.25) is 0 Å². The number of hydrogen-bond acceptors (Lipinski definition) is 6. The number of aryl methyl sites for hydroxylation is 2. The smallest absolute Gasteiger partial charge is 0.218 e. The van der Waals surface area contributed by atoms with Crippen molar-refractivity contribution in [1.82, 2.24) is 9.27 Å². The van der Waals surface area contributed by atoms with Crippen molar-refractivity contribution in [2.45, 2.75) is 20.8 Å². The van der Waals surface area contributed by atoms with E-state index in [-0.39, 0.29) is 0 Å². The maximum absolute atomic E-state index is 9.78. The Morgan fingerprint density at radius 2 is 1.97 bits per heavy atom. The number of nitriles is 1. The van der Waals surface area contributed by atoms with Crippen molar-refractivity contribution < 1.29 is 9.47 Å². The second-order valence-corrected chi connectivity index (χ2v) is 7.57. The third-order valence-corrected chi connectivity index (χ3v) is 5.45. The van der Waals surface area contributed by atoms with Crippen molar-refractivity contribution in [3.8, 4) is 33.9 Å². The van der Waals surface area contributed by atoms with E-state index in [1.165, 1.54) is 0 Å². The molecule has 0 bridgehead atoms. The number of ether oxygens (including phenoxy) is 2. The third-order valence-electron chi connectivity index (χ3n) is 4.72. The Hall–Kier alpha value is -3.37. The number of nitrogens with zero attached hydrogens (tertiary/aromatic N) is 4. The summed E-state index contributed by atoms with van der Waals surface area (Å²) in [6.07, 6.45) is 1.82. The zero-order chi connectivity index (χ0) is 21.7. The maximum atomic E-state index is 9.78. The van der Waals surface area contributed by atoms with E-state index in [2.05, 4.69) is 22.4 Å². The zero-order valence-electron chi connectivity index (χ0n) is 17.8. The predicted molar refractivity (Wildman–Crippen MR) is 121 cm³/mol. The summed E-state index contributed by atoms with van der Waals surface area (Å²) in [5.74, 6) is 1.35. The van der Waals surface area contributed by atoms with E-state index in [0.717, 1.165) is 40.5 Å². The fourth-order valence-corrected chi connectivity index (χ4v) is 3.56. The lowest BCUT2D eigenvalue weighted by atomic mass is 10.1. The lowest BCUT2D eigenvalue weighted by molar-refractivity contribution is 0.416. The molecule has 0 aliphatic rings. The van der Waals surface area contributed by atoms with Gasteiger partial charge < -0.3 is 14.4 Å². The number of aromatic nitrogens is 1. The van der Waals surface area contributed by atoms with Crippen LogP contribution in [0.4, 0.5) is 5.69 Å². The van der Waals surface area contributed by atoms with Crippen molar-refractivity contribution in [2.24, 2.45) is 4.99 Å². The first-order valence-electron chi connectivity index (χ1n) is 9.55. The first-order valence-corrected chi connectivity index (χ1v) is 10.3. The number of aliphatic imine (C=N–C) groups is 1. The highest BCUT2D eigenvalue weighted by Gasteiger charge is 2.20. The van der Waals surface area contributed by atoms with Gasteiger partial charge in [-0.25, -0.2) is 4.99 Å². The molecule has 3 rings (SSSR count). The Morgan fingerprint density at radius 1 is 1.20 bits per heavy atom. The molecular weight excluding hydrogens is 396 g/mol. The number of benzene rings is 2. The van der Waals surface area contributed by atoms with Crippen LogP contribution in [0.2, 0.25) is 0 Å². The average molecular weight is 421 g/mol. The van der Waals surface area contributed by atoms with Crippen molar-refractivity contribution in [2.75, 3.05) is 20.7 Å². The monoisotopic (exact) mass is 420 g/mol. The van der Waals surface area contributed by atoms with Crippen LogP contribution in [-0.2, 0) is 0 Å². The minimum absolute atomic E-state index is 0.397. The van der Waals surface area contributed by atoms with E-state index in [4.69, 9.17) is 9.47 Å². The number of para-hydroxylation sites is 1. The normalized spacial score (nSPS) is 10.8. The van der Waals surface area contributed by atoms with Gasteiger partial charge in [-0.05, 0) is 56.2 Å².